The third kappa shape index (κ3) is 4.07. The quantitative estimate of drug-likeness (QED) is 0.875. The maximum Gasteiger partial charge on any atom is 0.269 e. The highest BCUT2D eigenvalue weighted by atomic mass is 16.2. The number of benzene rings is 1. The fourth-order valence-corrected chi connectivity index (χ4v) is 3.42. The van der Waals surface area contributed by atoms with E-state index in [0.717, 1.165) is 25.1 Å². The van der Waals surface area contributed by atoms with Gasteiger partial charge in [-0.1, -0.05) is 37.3 Å². The summed E-state index contributed by atoms with van der Waals surface area (Å²) >= 11 is 0. The fraction of sp³-hybridized carbons (Fsp3) is 0.421. The lowest BCUT2D eigenvalue weighted by molar-refractivity contribution is -0.132. The van der Waals surface area contributed by atoms with E-state index in [1.54, 1.807) is 6.07 Å². The van der Waals surface area contributed by atoms with Crippen LogP contribution in [-0.2, 0) is 4.79 Å². The number of primary amides is 1. The number of hydrogen-bond acceptors (Lipinski definition) is 3. The van der Waals surface area contributed by atoms with Crippen molar-refractivity contribution in [2.75, 3.05) is 13.1 Å². The van der Waals surface area contributed by atoms with Gasteiger partial charge in [-0.05, 0) is 30.4 Å². The van der Waals surface area contributed by atoms with Gasteiger partial charge in [-0.25, -0.2) is 0 Å². The van der Waals surface area contributed by atoms with Gasteiger partial charge in [0.2, 0.25) is 5.91 Å². The summed E-state index contributed by atoms with van der Waals surface area (Å²) in [5.41, 5.74) is 7.56. The van der Waals surface area contributed by atoms with E-state index in [9.17, 15) is 9.59 Å². The Morgan fingerprint density at radius 1 is 1.36 bits per heavy atom. The second-order valence-corrected chi connectivity index (χ2v) is 6.77. The predicted molar refractivity (Wildman–Crippen MR) is 95.1 cm³/mol. The molecule has 3 rings (SSSR count). The lowest BCUT2D eigenvalue weighted by atomic mass is 9.93. The topological polar surface area (TPSA) is 92.1 Å². The molecule has 2 atom stereocenters. The molecular formula is C19H24N4O2. The highest BCUT2D eigenvalue weighted by Gasteiger charge is 2.27. The number of piperidine rings is 1. The molecule has 0 radical (unpaired) electrons. The second-order valence-electron chi connectivity index (χ2n) is 6.77. The maximum atomic E-state index is 12.7. The van der Waals surface area contributed by atoms with Crippen molar-refractivity contribution in [2.45, 2.75) is 38.0 Å². The standard InChI is InChI=1S/C19H24N4O2/c1-13(14-6-3-2-4-7-14)10-18(24)23-9-5-8-15(12-23)16-11-17(19(20)25)22-21-16/h2-4,6-7,11,13,15H,5,8-10,12H2,1H3,(H2,20,25)(H,21,22)/t13-,15-/m1/s1. The molecule has 0 saturated carbocycles. The molecule has 1 fully saturated rings. The number of likely N-dealkylation sites (tertiary alicyclic amines) is 1. The highest BCUT2D eigenvalue weighted by Crippen LogP contribution is 2.28. The number of aromatic amines is 1. The number of nitrogens with two attached hydrogens (primary N) is 1. The molecule has 25 heavy (non-hydrogen) atoms. The van der Waals surface area contributed by atoms with E-state index in [1.165, 1.54) is 5.56 Å². The zero-order chi connectivity index (χ0) is 17.8. The number of amides is 2. The minimum atomic E-state index is -0.539. The van der Waals surface area contributed by atoms with E-state index in [1.807, 2.05) is 23.1 Å². The van der Waals surface area contributed by atoms with Gasteiger partial charge in [-0.3, -0.25) is 14.7 Å². The number of carbonyl (C=O) groups excluding carboxylic acids is 2. The van der Waals surface area contributed by atoms with Crippen LogP contribution in [0.5, 0.6) is 0 Å². The predicted octanol–water partition coefficient (Wildman–Crippen LogP) is 2.41. The summed E-state index contributed by atoms with van der Waals surface area (Å²) in [6.45, 7) is 3.52. The van der Waals surface area contributed by atoms with E-state index in [-0.39, 0.29) is 23.4 Å². The summed E-state index contributed by atoms with van der Waals surface area (Å²) in [4.78, 5) is 25.8. The molecule has 1 aromatic carbocycles. The molecule has 0 spiro atoms. The van der Waals surface area contributed by atoms with E-state index in [2.05, 4.69) is 29.3 Å². The molecule has 1 aliphatic heterocycles. The summed E-state index contributed by atoms with van der Waals surface area (Å²) in [7, 11) is 0. The first kappa shape index (κ1) is 17.2. The lowest BCUT2D eigenvalue weighted by Gasteiger charge is -2.33. The fourth-order valence-electron chi connectivity index (χ4n) is 3.42. The van der Waals surface area contributed by atoms with Crippen LogP contribution in [0, 0.1) is 0 Å². The number of aromatic nitrogens is 2. The molecule has 6 nitrogen and oxygen atoms in total. The summed E-state index contributed by atoms with van der Waals surface area (Å²) in [6.07, 6.45) is 2.42. The SMILES string of the molecule is C[C@H](CC(=O)N1CCC[C@@H](c2cc(C(N)=O)n[nH]2)C1)c1ccccc1. The van der Waals surface area contributed by atoms with Crippen LogP contribution in [0.1, 0.15) is 59.8 Å². The minimum absolute atomic E-state index is 0.172. The van der Waals surface area contributed by atoms with E-state index in [0.29, 0.717) is 13.0 Å². The Morgan fingerprint density at radius 2 is 2.12 bits per heavy atom. The summed E-state index contributed by atoms with van der Waals surface area (Å²) < 4.78 is 0. The zero-order valence-corrected chi connectivity index (χ0v) is 14.4. The number of rotatable bonds is 5. The van der Waals surface area contributed by atoms with Crippen molar-refractivity contribution in [3.63, 3.8) is 0 Å². The van der Waals surface area contributed by atoms with Crippen LogP contribution >= 0.6 is 0 Å². The van der Waals surface area contributed by atoms with Crippen LogP contribution in [0.3, 0.4) is 0 Å². The number of nitrogens with zero attached hydrogens (tertiary/aromatic N) is 2. The van der Waals surface area contributed by atoms with Crippen LogP contribution in [0.2, 0.25) is 0 Å². The van der Waals surface area contributed by atoms with Crippen molar-refractivity contribution in [3.8, 4) is 0 Å². The zero-order valence-electron chi connectivity index (χ0n) is 14.4. The largest absolute Gasteiger partial charge is 0.364 e. The van der Waals surface area contributed by atoms with Crippen molar-refractivity contribution in [2.24, 2.45) is 5.73 Å². The lowest BCUT2D eigenvalue weighted by Crippen LogP contribution is -2.39. The Morgan fingerprint density at radius 3 is 2.80 bits per heavy atom. The summed E-state index contributed by atoms with van der Waals surface area (Å²) in [5, 5.41) is 6.84. The molecule has 1 saturated heterocycles. The Balaban J connectivity index is 1.62. The third-order valence-corrected chi connectivity index (χ3v) is 4.91. The van der Waals surface area contributed by atoms with Crippen molar-refractivity contribution in [3.05, 3.63) is 53.3 Å². The molecule has 0 unspecified atom stereocenters. The summed E-state index contributed by atoms with van der Waals surface area (Å²) in [6, 6.07) is 11.8. The van der Waals surface area contributed by atoms with Crippen molar-refractivity contribution in [1.82, 2.24) is 15.1 Å². The smallest absolute Gasteiger partial charge is 0.269 e. The molecule has 2 aromatic rings. The number of nitrogens with one attached hydrogen (secondary N) is 1. The molecule has 3 N–H and O–H groups in total. The van der Waals surface area contributed by atoms with E-state index in [4.69, 9.17) is 5.73 Å². The van der Waals surface area contributed by atoms with E-state index >= 15 is 0 Å². The first-order valence-electron chi connectivity index (χ1n) is 8.72. The van der Waals surface area contributed by atoms with Crippen molar-refractivity contribution < 1.29 is 9.59 Å². The van der Waals surface area contributed by atoms with Crippen molar-refractivity contribution in [1.29, 1.82) is 0 Å². The van der Waals surface area contributed by atoms with Crippen LogP contribution in [-0.4, -0.2) is 40.0 Å². The Hall–Kier alpha value is -2.63. The van der Waals surface area contributed by atoms with Gasteiger partial charge in [0.05, 0.1) is 0 Å². The third-order valence-electron chi connectivity index (χ3n) is 4.91. The Bertz CT molecular complexity index is 741. The second kappa shape index (κ2) is 7.51. The first-order chi connectivity index (χ1) is 12.0. The van der Waals surface area contributed by atoms with Gasteiger partial charge in [0.1, 0.15) is 5.69 Å². The number of hydrogen-bond donors (Lipinski definition) is 2. The average Bonchev–Trinajstić information content (AvgIpc) is 3.13. The van der Waals surface area contributed by atoms with Gasteiger partial charge in [0.25, 0.3) is 5.91 Å². The molecule has 2 amide bonds. The monoisotopic (exact) mass is 340 g/mol. The van der Waals surface area contributed by atoms with Crippen LogP contribution < -0.4 is 5.73 Å². The molecule has 1 aliphatic rings. The first-order valence-corrected chi connectivity index (χ1v) is 8.72. The van der Waals surface area contributed by atoms with E-state index < -0.39 is 5.91 Å². The molecule has 2 heterocycles. The van der Waals surface area contributed by atoms with Gasteiger partial charge in [-0.2, -0.15) is 5.10 Å². The Kier molecular flexibility index (Phi) is 5.16. The molecule has 0 bridgehead atoms. The molecule has 132 valence electrons. The minimum Gasteiger partial charge on any atom is -0.364 e. The van der Waals surface area contributed by atoms with Gasteiger partial charge < -0.3 is 10.6 Å². The normalized spacial score (nSPS) is 18.8. The van der Waals surface area contributed by atoms with Crippen LogP contribution in [0.15, 0.2) is 36.4 Å². The van der Waals surface area contributed by atoms with Gasteiger partial charge in [0.15, 0.2) is 0 Å². The molecule has 1 aromatic heterocycles. The van der Waals surface area contributed by atoms with Crippen molar-refractivity contribution >= 4 is 11.8 Å². The van der Waals surface area contributed by atoms with Gasteiger partial charge in [0, 0.05) is 31.1 Å². The van der Waals surface area contributed by atoms with Crippen LogP contribution in [0.25, 0.3) is 0 Å². The highest BCUT2D eigenvalue weighted by molar-refractivity contribution is 5.90. The summed E-state index contributed by atoms with van der Waals surface area (Å²) in [5.74, 6) is 0.00616. The maximum absolute atomic E-state index is 12.7. The Labute approximate surface area is 147 Å². The molecule has 0 aliphatic carbocycles. The molecular weight excluding hydrogens is 316 g/mol. The van der Waals surface area contributed by atoms with Gasteiger partial charge in [-0.15, -0.1) is 0 Å². The van der Waals surface area contributed by atoms with Crippen LogP contribution in [0.4, 0.5) is 0 Å². The number of carbonyl (C=O) groups is 2. The number of H-pyrrole nitrogens is 1. The molecule has 6 heteroatoms. The van der Waals surface area contributed by atoms with Gasteiger partial charge >= 0.3 is 0 Å². The average molecular weight is 340 g/mol.